The van der Waals surface area contributed by atoms with Crippen LogP contribution in [0.1, 0.15) is 37.6 Å². The van der Waals surface area contributed by atoms with Crippen LogP contribution >= 0.6 is 0 Å². The summed E-state index contributed by atoms with van der Waals surface area (Å²) in [5.74, 6) is 0.192. The van der Waals surface area contributed by atoms with E-state index in [1.165, 1.54) is 0 Å². The second-order valence-electron chi connectivity index (χ2n) is 4.38. The minimum atomic E-state index is -0.373. The Morgan fingerprint density at radius 2 is 2.17 bits per heavy atom. The van der Waals surface area contributed by atoms with E-state index in [0.29, 0.717) is 23.8 Å². The molecule has 4 nitrogen and oxygen atoms in total. The summed E-state index contributed by atoms with van der Waals surface area (Å²) in [4.78, 5) is 11.7. The highest BCUT2D eigenvalue weighted by Crippen LogP contribution is 2.23. The molecule has 0 bridgehead atoms. The number of nitrogens with two attached hydrogens (primary N) is 1. The van der Waals surface area contributed by atoms with Gasteiger partial charge in [-0.25, -0.2) is 4.79 Å². The van der Waals surface area contributed by atoms with Crippen LogP contribution in [0.5, 0.6) is 0 Å². The Morgan fingerprint density at radius 3 is 2.78 bits per heavy atom. The lowest BCUT2D eigenvalue weighted by Gasteiger charge is -2.15. The van der Waals surface area contributed by atoms with Gasteiger partial charge in [-0.05, 0) is 25.0 Å². The molecule has 3 N–H and O–H groups in total. The lowest BCUT2D eigenvalue weighted by atomic mass is 10.1. The van der Waals surface area contributed by atoms with Crippen molar-refractivity contribution in [2.24, 2.45) is 5.92 Å². The number of nitrogen functional groups attached to an aromatic ring is 1. The maximum absolute atomic E-state index is 11.7. The molecule has 0 radical (unpaired) electrons. The van der Waals surface area contributed by atoms with Gasteiger partial charge in [-0.15, -0.1) is 0 Å². The summed E-state index contributed by atoms with van der Waals surface area (Å²) >= 11 is 0. The monoisotopic (exact) mass is 250 g/mol. The fourth-order valence-electron chi connectivity index (χ4n) is 1.53. The summed E-state index contributed by atoms with van der Waals surface area (Å²) in [6, 6.07) is 5.36. The first-order valence-electron chi connectivity index (χ1n) is 6.39. The smallest absolute Gasteiger partial charge is 0.340 e. The van der Waals surface area contributed by atoms with Gasteiger partial charge >= 0.3 is 5.97 Å². The Labute approximate surface area is 109 Å². The second kappa shape index (κ2) is 6.89. The molecule has 100 valence electrons. The third-order valence-corrected chi connectivity index (χ3v) is 2.94. The molecule has 1 unspecified atom stereocenters. The molecule has 4 heteroatoms. The summed E-state index contributed by atoms with van der Waals surface area (Å²) < 4.78 is 4.96. The van der Waals surface area contributed by atoms with Crippen LogP contribution in [0.15, 0.2) is 18.2 Å². The van der Waals surface area contributed by atoms with Gasteiger partial charge in [0.05, 0.1) is 23.5 Å². The van der Waals surface area contributed by atoms with E-state index in [1.807, 2.05) is 12.1 Å². The molecule has 0 aliphatic rings. The van der Waals surface area contributed by atoms with Gasteiger partial charge < -0.3 is 15.8 Å². The van der Waals surface area contributed by atoms with Crippen LogP contribution in [0, 0.1) is 5.92 Å². The minimum Gasteiger partial charge on any atom is -0.462 e. The molecular formula is C14H22N2O2. The largest absolute Gasteiger partial charge is 0.462 e. The number of benzene rings is 1. The van der Waals surface area contributed by atoms with Gasteiger partial charge in [0.25, 0.3) is 0 Å². The zero-order chi connectivity index (χ0) is 13.5. The van der Waals surface area contributed by atoms with Gasteiger partial charge in [-0.2, -0.15) is 0 Å². The van der Waals surface area contributed by atoms with Crippen LogP contribution in [-0.4, -0.2) is 19.1 Å². The molecule has 0 saturated heterocycles. The standard InChI is InChI=1S/C14H22N2O2/c1-4-10(3)9-16-12-8-6-7-11(13(12)15)14(17)18-5-2/h6-8,10,16H,4-5,9,15H2,1-3H3. The quantitative estimate of drug-likeness (QED) is 0.602. The number of para-hydroxylation sites is 1. The van der Waals surface area contributed by atoms with Crippen molar-refractivity contribution in [3.63, 3.8) is 0 Å². The predicted molar refractivity (Wildman–Crippen MR) is 74.8 cm³/mol. The highest BCUT2D eigenvalue weighted by atomic mass is 16.5. The number of nitrogens with one attached hydrogen (secondary N) is 1. The van der Waals surface area contributed by atoms with Crippen LogP contribution in [0.25, 0.3) is 0 Å². The van der Waals surface area contributed by atoms with Crippen LogP contribution in [-0.2, 0) is 4.74 Å². The third kappa shape index (κ3) is 3.65. The van der Waals surface area contributed by atoms with E-state index in [-0.39, 0.29) is 5.97 Å². The highest BCUT2D eigenvalue weighted by molar-refractivity contribution is 5.98. The second-order valence-corrected chi connectivity index (χ2v) is 4.38. The molecule has 0 fully saturated rings. The maximum atomic E-state index is 11.7. The summed E-state index contributed by atoms with van der Waals surface area (Å²) in [6.45, 7) is 7.28. The summed E-state index contributed by atoms with van der Waals surface area (Å²) in [7, 11) is 0. The van der Waals surface area contributed by atoms with E-state index >= 15 is 0 Å². The lowest BCUT2D eigenvalue weighted by molar-refractivity contribution is 0.0527. The molecule has 0 spiro atoms. The molecule has 0 aliphatic heterocycles. The van der Waals surface area contributed by atoms with Gasteiger partial charge in [0.1, 0.15) is 0 Å². The number of rotatable bonds is 6. The summed E-state index contributed by atoms with van der Waals surface area (Å²) in [6.07, 6.45) is 1.10. The Bertz CT molecular complexity index is 405. The van der Waals surface area contributed by atoms with Gasteiger partial charge in [-0.3, -0.25) is 0 Å². The molecule has 1 atom stereocenters. The van der Waals surface area contributed by atoms with E-state index in [9.17, 15) is 4.79 Å². The van der Waals surface area contributed by atoms with Crippen molar-refractivity contribution >= 4 is 17.3 Å². The van der Waals surface area contributed by atoms with Crippen molar-refractivity contribution in [3.05, 3.63) is 23.8 Å². The molecule has 0 aromatic heterocycles. The number of hydrogen-bond acceptors (Lipinski definition) is 4. The van der Waals surface area contributed by atoms with Gasteiger partial charge in [0, 0.05) is 6.54 Å². The molecule has 0 amide bonds. The van der Waals surface area contributed by atoms with Crippen molar-refractivity contribution in [3.8, 4) is 0 Å². The van der Waals surface area contributed by atoms with Gasteiger partial charge in [0.2, 0.25) is 0 Å². The molecule has 0 aliphatic carbocycles. The van der Waals surface area contributed by atoms with Crippen molar-refractivity contribution in [2.45, 2.75) is 27.2 Å². The first-order chi connectivity index (χ1) is 8.60. The Hall–Kier alpha value is -1.71. The molecule has 1 aromatic rings. The van der Waals surface area contributed by atoms with Crippen molar-refractivity contribution in [1.82, 2.24) is 0 Å². The summed E-state index contributed by atoms with van der Waals surface area (Å²) in [5.41, 5.74) is 7.65. The number of ether oxygens (including phenoxy) is 1. The third-order valence-electron chi connectivity index (χ3n) is 2.94. The first-order valence-corrected chi connectivity index (χ1v) is 6.39. The molecular weight excluding hydrogens is 228 g/mol. The number of carbonyl (C=O) groups excluding carboxylic acids is 1. The molecule has 1 rings (SSSR count). The van der Waals surface area contributed by atoms with Crippen LogP contribution in [0.4, 0.5) is 11.4 Å². The molecule has 18 heavy (non-hydrogen) atoms. The Morgan fingerprint density at radius 1 is 1.44 bits per heavy atom. The molecule has 0 heterocycles. The first kappa shape index (κ1) is 14.4. The van der Waals surface area contributed by atoms with E-state index in [2.05, 4.69) is 19.2 Å². The van der Waals surface area contributed by atoms with E-state index in [0.717, 1.165) is 18.7 Å². The van der Waals surface area contributed by atoms with E-state index < -0.39 is 0 Å². The zero-order valence-electron chi connectivity index (χ0n) is 11.3. The normalized spacial score (nSPS) is 11.9. The number of anilines is 2. The van der Waals surface area contributed by atoms with Crippen LogP contribution < -0.4 is 11.1 Å². The van der Waals surface area contributed by atoms with E-state index in [1.54, 1.807) is 13.0 Å². The zero-order valence-corrected chi connectivity index (χ0v) is 11.3. The minimum absolute atomic E-state index is 0.350. The van der Waals surface area contributed by atoms with Crippen LogP contribution in [0.2, 0.25) is 0 Å². The van der Waals surface area contributed by atoms with Crippen molar-refractivity contribution < 1.29 is 9.53 Å². The Balaban J connectivity index is 2.81. The fraction of sp³-hybridized carbons (Fsp3) is 0.500. The number of carbonyl (C=O) groups is 1. The molecule has 0 saturated carbocycles. The molecule has 1 aromatic carbocycles. The number of esters is 1. The average molecular weight is 250 g/mol. The van der Waals surface area contributed by atoms with Gasteiger partial charge in [-0.1, -0.05) is 26.3 Å². The van der Waals surface area contributed by atoms with Crippen molar-refractivity contribution in [1.29, 1.82) is 0 Å². The number of hydrogen-bond donors (Lipinski definition) is 2. The highest BCUT2D eigenvalue weighted by Gasteiger charge is 2.13. The average Bonchev–Trinajstić information content (AvgIpc) is 2.37. The van der Waals surface area contributed by atoms with Crippen LogP contribution in [0.3, 0.4) is 0 Å². The van der Waals surface area contributed by atoms with Gasteiger partial charge in [0.15, 0.2) is 0 Å². The van der Waals surface area contributed by atoms with Crippen molar-refractivity contribution in [2.75, 3.05) is 24.2 Å². The Kier molecular flexibility index (Phi) is 5.49. The summed E-state index contributed by atoms with van der Waals surface area (Å²) in [5, 5.41) is 3.27. The fourth-order valence-corrected chi connectivity index (χ4v) is 1.53. The maximum Gasteiger partial charge on any atom is 0.340 e. The topological polar surface area (TPSA) is 64.3 Å². The lowest BCUT2D eigenvalue weighted by Crippen LogP contribution is -2.14. The van der Waals surface area contributed by atoms with E-state index in [4.69, 9.17) is 10.5 Å². The predicted octanol–water partition coefficient (Wildman–Crippen LogP) is 2.90. The SMILES string of the molecule is CCOC(=O)c1cccc(NCC(C)CC)c1N.